The predicted molar refractivity (Wildman–Crippen MR) is 68.5 cm³/mol. The average molecular weight is 228 g/mol. The second-order valence-electron chi connectivity index (χ2n) is 5.82. The van der Waals surface area contributed by atoms with Crippen molar-refractivity contribution in [3.63, 3.8) is 0 Å². The molecule has 0 amide bonds. The van der Waals surface area contributed by atoms with Crippen LogP contribution in [-0.4, -0.2) is 43.8 Å². The molecule has 0 unspecified atom stereocenters. The van der Waals surface area contributed by atoms with E-state index in [4.69, 9.17) is 10.5 Å². The van der Waals surface area contributed by atoms with Gasteiger partial charge in [0.15, 0.2) is 0 Å². The molecule has 1 aliphatic carbocycles. The first kappa shape index (κ1) is 13.9. The molecule has 1 fully saturated rings. The summed E-state index contributed by atoms with van der Waals surface area (Å²) < 4.78 is 5.35. The Labute approximate surface area is 100 Å². The number of hydrogen-bond donors (Lipinski definition) is 1. The molecule has 1 aliphatic rings. The Morgan fingerprint density at radius 1 is 1.38 bits per heavy atom. The summed E-state index contributed by atoms with van der Waals surface area (Å²) in [4.78, 5) is 2.60. The Bertz CT molecular complexity index is 200. The highest BCUT2D eigenvalue weighted by atomic mass is 16.5. The van der Waals surface area contributed by atoms with E-state index in [1.807, 2.05) is 7.11 Å². The highest BCUT2D eigenvalue weighted by Gasteiger charge is 2.35. The van der Waals surface area contributed by atoms with E-state index in [0.717, 1.165) is 19.1 Å². The van der Waals surface area contributed by atoms with Crippen LogP contribution in [0.1, 0.15) is 40.0 Å². The molecule has 2 N–H and O–H groups in total. The second kappa shape index (κ2) is 5.99. The smallest absolute Gasteiger partial charge is 0.0601 e. The lowest BCUT2D eigenvalue weighted by molar-refractivity contribution is -0.0361. The molecule has 0 radical (unpaired) electrons. The van der Waals surface area contributed by atoms with Gasteiger partial charge in [-0.2, -0.15) is 0 Å². The van der Waals surface area contributed by atoms with Crippen molar-refractivity contribution in [2.24, 2.45) is 11.1 Å². The predicted octanol–water partition coefficient (Wildman–Crippen LogP) is 1.86. The van der Waals surface area contributed by atoms with Crippen molar-refractivity contribution in [3.8, 4) is 0 Å². The van der Waals surface area contributed by atoms with Crippen LogP contribution in [0.3, 0.4) is 0 Å². The van der Waals surface area contributed by atoms with Crippen molar-refractivity contribution in [2.45, 2.75) is 52.2 Å². The Balaban J connectivity index is 2.43. The van der Waals surface area contributed by atoms with E-state index in [9.17, 15) is 0 Å². The number of nitrogens with two attached hydrogens (primary N) is 1. The molecule has 0 aromatic rings. The maximum atomic E-state index is 5.81. The quantitative estimate of drug-likeness (QED) is 0.723. The molecule has 16 heavy (non-hydrogen) atoms. The zero-order chi connectivity index (χ0) is 12.2. The molecular formula is C13H28N2O. The normalized spacial score (nSPS) is 25.9. The third-order valence-corrected chi connectivity index (χ3v) is 3.61. The molecule has 0 aromatic heterocycles. The Morgan fingerprint density at radius 3 is 2.44 bits per heavy atom. The minimum atomic E-state index is 0.229. The van der Waals surface area contributed by atoms with Gasteiger partial charge in [-0.15, -0.1) is 0 Å². The van der Waals surface area contributed by atoms with Gasteiger partial charge >= 0.3 is 0 Å². The minimum absolute atomic E-state index is 0.229. The van der Waals surface area contributed by atoms with Gasteiger partial charge in [-0.25, -0.2) is 0 Å². The first-order chi connectivity index (χ1) is 7.52. The molecule has 0 aromatic carbocycles. The van der Waals surface area contributed by atoms with Crippen LogP contribution < -0.4 is 5.73 Å². The lowest BCUT2D eigenvalue weighted by Gasteiger charge is -2.45. The molecule has 0 heterocycles. The van der Waals surface area contributed by atoms with Gasteiger partial charge in [0.1, 0.15) is 0 Å². The Kier molecular flexibility index (Phi) is 5.22. The van der Waals surface area contributed by atoms with Crippen LogP contribution in [0.2, 0.25) is 0 Å². The van der Waals surface area contributed by atoms with Crippen molar-refractivity contribution in [2.75, 3.05) is 26.7 Å². The van der Waals surface area contributed by atoms with Crippen molar-refractivity contribution in [1.29, 1.82) is 0 Å². The molecule has 0 atom stereocenters. The van der Waals surface area contributed by atoms with Gasteiger partial charge in [-0.3, -0.25) is 4.90 Å². The van der Waals surface area contributed by atoms with Gasteiger partial charge < -0.3 is 10.5 Å². The SMILES string of the molecule is CCCN(CC(C)(C)CN)C1CC(OC)C1. The minimum Gasteiger partial charge on any atom is -0.381 e. The summed E-state index contributed by atoms with van der Waals surface area (Å²) in [7, 11) is 1.81. The van der Waals surface area contributed by atoms with Crippen LogP contribution >= 0.6 is 0 Å². The van der Waals surface area contributed by atoms with Gasteiger partial charge in [0, 0.05) is 19.7 Å². The molecule has 0 bridgehead atoms. The number of rotatable bonds is 7. The first-order valence-electron chi connectivity index (χ1n) is 6.49. The molecule has 0 spiro atoms. The topological polar surface area (TPSA) is 38.5 Å². The summed E-state index contributed by atoms with van der Waals surface area (Å²) in [5, 5.41) is 0. The summed E-state index contributed by atoms with van der Waals surface area (Å²) in [6.07, 6.45) is 4.09. The van der Waals surface area contributed by atoms with E-state index >= 15 is 0 Å². The monoisotopic (exact) mass is 228 g/mol. The third-order valence-electron chi connectivity index (χ3n) is 3.61. The summed E-state index contributed by atoms with van der Waals surface area (Å²) >= 11 is 0. The zero-order valence-corrected chi connectivity index (χ0v) is 11.3. The van der Waals surface area contributed by atoms with Crippen molar-refractivity contribution < 1.29 is 4.74 Å². The van der Waals surface area contributed by atoms with E-state index in [1.54, 1.807) is 0 Å². The molecule has 96 valence electrons. The Hall–Kier alpha value is -0.120. The van der Waals surface area contributed by atoms with Crippen molar-refractivity contribution in [1.82, 2.24) is 4.90 Å². The average Bonchev–Trinajstić information content (AvgIpc) is 2.16. The number of hydrogen-bond acceptors (Lipinski definition) is 3. The summed E-state index contributed by atoms with van der Waals surface area (Å²) in [6, 6.07) is 0.718. The van der Waals surface area contributed by atoms with E-state index in [2.05, 4.69) is 25.7 Å². The van der Waals surface area contributed by atoms with Crippen LogP contribution in [0, 0.1) is 5.41 Å². The van der Waals surface area contributed by atoms with Crippen LogP contribution in [0.4, 0.5) is 0 Å². The van der Waals surface area contributed by atoms with Crippen LogP contribution in [-0.2, 0) is 4.74 Å². The van der Waals surface area contributed by atoms with E-state index in [0.29, 0.717) is 6.10 Å². The maximum Gasteiger partial charge on any atom is 0.0601 e. The highest BCUT2D eigenvalue weighted by molar-refractivity contribution is 4.90. The number of nitrogens with zero attached hydrogens (tertiary/aromatic N) is 1. The largest absolute Gasteiger partial charge is 0.381 e. The van der Waals surface area contributed by atoms with Gasteiger partial charge in [-0.05, 0) is 37.8 Å². The first-order valence-corrected chi connectivity index (χ1v) is 6.49. The molecule has 0 aliphatic heterocycles. The number of ether oxygens (including phenoxy) is 1. The van der Waals surface area contributed by atoms with Gasteiger partial charge in [-0.1, -0.05) is 20.8 Å². The molecule has 1 saturated carbocycles. The fraction of sp³-hybridized carbons (Fsp3) is 1.00. The van der Waals surface area contributed by atoms with Crippen LogP contribution in [0.5, 0.6) is 0 Å². The van der Waals surface area contributed by atoms with Gasteiger partial charge in [0.2, 0.25) is 0 Å². The van der Waals surface area contributed by atoms with Gasteiger partial charge in [0.05, 0.1) is 6.10 Å². The summed E-state index contributed by atoms with van der Waals surface area (Å²) in [5.74, 6) is 0. The summed E-state index contributed by atoms with van der Waals surface area (Å²) in [6.45, 7) is 9.80. The van der Waals surface area contributed by atoms with Gasteiger partial charge in [0.25, 0.3) is 0 Å². The molecule has 3 heteroatoms. The van der Waals surface area contributed by atoms with E-state index in [-0.39, 0.29) is 5.41 Å². The fourth-order valence-corrected chi connectivity index (χ4v) is 2.32. The maximum absolute atomic E-state index is 5.81. The van der Waals surface area contributed by atoms with Crippen LogP contribution in [0.25, 0.3) is 0 Å². The summed E-state index contributed by atoms with van der Waals surface area (Å²) in [5.41, 5.74) is 6.04. The number of methoxy groups -OCH3 is 1. The molecule has 0 saturated heterocycles. The zero-order valence-electron chi connectivity index (χ0n) is 11.3. The van der Waals surface area contributed by atoms with E-state index in [1.165, 1.54) is 25.8 Å². The third kappa shape index (κ3) is 3.72. The van der Waals surface area contributed by atoms with Crippen molar-refractivity contribution in [3.05, 3.63) is 0 Å². The molecular weight excluding hydrogens is 200 g/mol. The van der Waals surface area contributed by atoms with E-state index < -0.39 is 0 Å². The van der Waals surface area contributed by atoms with Crippen LogP contribution in [0.15, 0.2) is 0 Å². The molecule has 1 rings (SSSR count). The lowest BCUT2D eigenvalue weighted by atomic mass is 9.85. The standard InChI is InChI=1S/C13H28N2O/c1-5-6-15(10-13(2,3)9-14)11-7-12(8-11)16-4/h11-12H,5-10,14H2,1-4H3. The second-order valence-corrected chi connectivity index (χ2v) is 5.82. The lowest BCUT2D eigenvalue weighted by Crippen LogP contribution is -2.51. The fourth-order valence-electron chi connectivity index (χ4n) is 2.32. The van der Waals surface area contributed by atoms with Crippen molar-refractivity contribution >= 4 is 0 Å². The molecule has 3 nitrogen and oxygen atoms in total. The Morgan fingerprint density at radius 2 is 2.00 bits per heavy atom. The highest BCUT2D eigenvalue weighted by Crippen LogP contribution is 2.30.